The molecule has 0 bridgehead atoms. The van der Waals surface area contributed by atoms with Gasteiger partial charge in [0.1, 0.15) is 0 Å². The van der Waals surface area contributed by atoms with Crippen LogP contribution in [0.25, 0.3) is 0 Å². The van der Waals surface area contributed by atoms with Crippen LogP contribution in [0.15, 0.2) is 29.9 Å². The van der Waals surface area contributed by atoms with Crippen LogP contribution < -0.4 is 0 Å². The zero-order chi connectivity index (χ0) is 11.7. The van der Waals surface area contributed by atoms with Crippen molar-refractivity contribution in [1.82, 2.24) is 4.98 Å². The van der Waals surface area contributed by atoms with Gasteiger partial charge in [0.05, 0.1) is 24.8 Å². The van der Waals surface area contributed by atoms with E-state index >= 15 is 0 Å². The summed E-state index contributed by atoms with van der Waals surface area (Å²) in [5.41, 5.74) is 5.19. The molecule has 0 fully saturated rings. The number of aliphatic hydroxyl groups excluding tert-OH is 1. The van der Waals surface area contributed by atoms with E-state index in [1.165, 1.54) is 11.1 Å². The molecule has 2 aromatic rings. The Hall–Kier alpha value is -1.23. The van der Waals surface area contributed by atoms with E-state index in [0.717, 1.165) is 10.4 Å². The monoisotopic (exact) mass is 247 g/mol. The quantitative estimate of drug-likeness (QED) is 0.906. The van der Waals surface area contributed by atoms with Crippen LogP contribution in [0.2, 0.25) is 0 Å². The second-order valence-electron chi connectivity index (χ2n) is 4.21. The van der Waals surface area contributed by atoms with Crippen LogP contribution >= 0.6 is 11.3 Å². The van der Waals surface area contributed by atoms with Crippen molar-refractivity contribution < 1.29 is 9.84 Å². The lowest BCUT2D eigenvalue weighted by molar-refractivity contribution is 0.134. The fraction of sp³-hybridized carbons (Fsp3) is 0.308. The van der Waals surface area contributed by atoms with Crippen LogP contribution in [-0.2, 0) is 24.4 Å². The van der Waals surface area contributed by atoms with Gasteiger partial charge in [0, 0.05) is 17.5 Å². The van der Waals surface area contributed by atoms with Crippen LogP contribution in [0.1, 0.15) is 27.7 Å². The topological polar surface area (TPSA) is 42.4 Å². The van der Waals surface area contributed by atoms with Gasteiger partial charge in [0.2, 0.25) is 0 Å². The molecule has 1 N–H and O–H groups in total. The lowest BCUT2D eigenvalue weighted by Crippen LogP contribution is -2.01. The van der Waals surface area contributed by atoms with Gasteiger partial charge in [-0.05, 0) is 16.7 Å². The largest absolute Gasteiger partial charge is 0.388 e. The first-order valence-corrected chi connectivity index (χ1v) is 6.46. The van der Waals surface area contributed by atoms with Gasteiger partial charge in [-0.1, -0.05) is 18.2 Å². The van der Waals surface area contributed by atoms with Crippen LogP contribution in [0.3, 0.4) is 0 Å². The number of aliphatic hydroxyl groups is 1. The summed E-state index contributed by atoms with van der Waals surface area (Å²) in [6, 6.07) is 6.08. The van der Waals surface area contributed by atoms with E-state index in [9.17, 15) is 5.11 Å². The highest BCUT2D eigenvalue weighted by Gasteiger charge is 2.15. The van der Waals surface area contributed by atoms with Gasteiger partial charge in [-0.2, -0.15) is 0 Å². The molecule has 0 radical (unpaired) electrons. The van der Waals surface area contributed by atoms with Crippen molar-refractivity contribution in [2.45, 2.75) is 25.7 Å². The number of aromatic nitrogens is 1. The molecular weight excluding hydrogens is 234 g/mol. The molecule has 3 rings (SSSR count). The maximum Gasteiger partial charge on any atom is 0.0838 e. The van der Waals surface area contributed by atoms with Crippen molar-refractivity contribution in [3.8, 4) is 0 Å². The Morgan fingerprint density at radius 1 is 1.35 bits per heavy atom. The van der Waals surface area contributed by atoms with Crippen molar-refractivity contribution >= 4 is 11.3 Å². The lowest BCUT2D eigenvalue weighted by atomic mass is 10.0. The number of hydrogen-bond donors (Lipinski definition) is 1. The van der Waals surface area contributed by atoms with Crippen LogP contribution in [-0.4, -0.2) is 10.1 Å². The van der Waals surface area contributed by atoms with E-state index in [4.69, 9.17) is 4.74 Å². The molecule has 17 heavy (non-hydrogen) atoms. The van der Waals surface area contributed by atoms with E-state index in [0.29, 0.717) is 19.6 Å². The SMILES string of the molecule is OC(Cc1cncs1)c1ccc2c(c1)COC2. The van der Waals surface area contributed by atoms with E-state index in [2.05, 4.69) is 4.98 Å². The number of rotatable bonds is 3. The molecule has 0 spiro atoms. The van der Waals surface area contributed by atoms with E-state index < -0.39 is 6.10 Å². The zero-order valence-electron chi connectivity index (χ0n) is 9.30. The number of benzene rings is 1. The molecule has 4 heteroatoms. The van der Waals surface area contributed by atoms with Gasteiger partial charge in [0.15, 0.2) is 0 Å². The van der Waals surface area contributed by atoms with Gasteiger partial charge in [0.25, 0.3) is 0 Å². The molecule has 1 aromatic carbocycles. The third-order valence-electron chi connectivity index (χ3n) is 3.01. The van der Waals surface area contributed by atoms with Gasteiger partial charge in [-0.15, -0.1) is 11.3 Å². The number of hydrogen-bond acceptors (Lipinski definition) is 4. The number of thiazole rings is 1. The Kier molecular flexibility index (Phi) is 2.93. The highest BCUT2D eigenvalue weighted by molar-refractivity contribution is 7.09. The number of ether oxygens (including phenoxy) is 1. The standard InChI is InChI=1S/C13H13NO2S/c15-13(4-12-5-14-8-17-12)9-1-2-10-6-16-7-11(10)3-9/h1-3,5,8,13,15H,4,6-7H2. The summed E-state index contributed by atoms with van der Waals surface area (Å²) >= 11 is 1.58. The minimum Gasteiger partial charge on any atom is -0.388 e. The molecule has 1 atom stereocenters. The first-order chi connectivity index (χ1) is 8.33. The molecule has 1 aliphatic rings. The van der Waals surface area contributed by atoms with Gasteiger partial charge >= 0.3 is 0 Å². The van der Waals surface area contributed by atoms with Crippen molar-refractivity contribution in [3.63, 3.8) is 0 Å². The maximum absolute atomic E-state index is 10.2. The van der Waals surface area contributed by atoms with Crippen molar-refractivity contribution in [3.05, 3.63) is 51.5 Å². The second kappa shape index (κ2) is 4.56. The third kappa shape index (κ3) is 2.24. The molecule has 1 aliphatic heterocycles. The Balaban J connectivity index is 1.79. The average Bonchev–Trinajstić information content (AvgIpc) is 2.97. The second-order valence-corrected chi connectivity index (χ2v) is 5.18. The average molecular weight is 247 g/mol. The summed E-state index contributed by atoms with van der Waals surface area (Å²) in [6.45, 7) is 1.36. The maximum atomic E-state index is 10.2. The normalized spacial score (nSPS) is 15.8. The number of nitrogens with zero attached hydrogens (tertiary/aromatic N) is 1. The molecule has 0 aliphatic carbocycles. The highest BCUT2D eigenvalue weighted by atomic mass is 32.1. The summed E-state index contributed by atoms with van der Waals surface area (Å²) in [7, 11) is 0. The van der Waals surface area contributed by atoms with E-state index in [-0.39, 0.29) is 0 Å². The van der Waals surface area contributed by atoms with E-state index in [1.807, 2.05) is 24.4 Å². The first-order valence-electron chi connectivity index (χ1n) is 5.58. The summed E-state index contributed by atoms with van der Waals surface area (Å²) in [5.74, 6) is 0. The third-order valence-corrected chi connectivity index (χ3v) is 3.81. The van der Waals surface area contributed by atoms with Crippen molar-refractivity contribution in [2.75, 3.05) is 0 Å². The molecule has 0 saturated carbocycles. The number of fused-ring (bicyclic) bond motifs is 1. The first kappa shape index (κ1) is 10.9. The molecule has 3 nitrogen and oxygen atoms in total. The van der Waals surface area contributed by atoms with Crippen molar-refractivity contribution in [1.29, 1.82) is 0 Å². The van der Waals surface area contributed by atoms with E-state index in [1.54, 1.807) is 16.8 Å². The summed E-state index contributed by atoms with van der Waals surface area (Å²) in [5, 5.41) is 10.2. The van der Waals surface area contributed by atoms with Gasteiger partial charge in [-0.3, -0.25) is 4.98 Å². The minimum absolute atomic E-state index is 0.457. The zero-order valence-corrected chi connectivity index (χ0v) is 10.1. The Bertz CT molecular complexity index is 510. The Morgan fingerprint density at radius 2 is 2.24 bits per heavy atom. The lowest BCUT2D eigenvalue weighted by Gasteiger charge is -2.10. The summed E-state index contributed by atoms with van der Waals surface area (Å²) < 4.78 is 5.37. The van der Waals surface area contributed by atoms with Gasteiger partial charge < -0.3 is 9.84 Å². The molecule has 0 amide bonds. The molecule has 1 unspecified atom stereocenters. The fourth-order valence-corrected chi connectivity index (χ4v) is 2.68. The van der Waals surface area contributed by atoms with Crippen LogP contribution in [0, 0.1) is 0 Å². The van der Waals surface area contributed by atoms with Crippen molar-refractivity contribution in [2.24, 2.45) is 0 Å². The Morgan fingerprint density at radius 3 is 3.06 bits per heavy atom. The van der Waals surface area contributed by atoms with Gasteiger partial charge in [-0.25, -0.2) is 0 Å². The smallest absolute Gasteiger partial charge is 0.0838 e. The van der Waals surface area contributed by atoms with Crippen LogP contribution in [0.4, 0.5) is 0 Å². The molecule has 0 saturated heterocycles. The summed E-state index contributed by atoms with van der Waals surface area (Å²) in [6.07, 6.45) is 1.98. The summed E-state index contributed by atoms with van der Waals surface area (Å²) in [4.78, 5) is 5.12. The van der Waals surface area contributed by atoms with Crippen LogP contribution in [0.5, 0.6) is 0 Å². The predicted octanol–water partition coefficient (Wildman–Crippen LogP) is 2.45. The molecular formula is C13H13NO2S. The molecule has 1 aromatic heterocycles. The highest BCUT2D eigenvalue weighted by Crippen LogP contribution is 2.26. The Labute approximate surface area is 104 Å². The fourth-order valence-electron chi connectivity index (χ4n) is 2.05. The molecule has 88 valence electrons. The predicted molar refractivity (Wildman–Crippen MR) is 65.7 cm³/mol. The molecule has 2 heterocycles. The minimum atomic E-state index is -0.457.